The fourth-order valence-electron chi connectivity index (χ4n) is 4.82. The zero-order valence-corrected chi connectivity index (χ0v) is 24.5. The molecule has 18 heteroatoms. The Morgan fingerprint density at radius 2 is 1.91 bits per heavy atom. The highest BCUT2D eigenvalue weighted by molar-refractivity contribution is 7.89. The molecule has 6 rings (SSSR count). The highest BCUT2D eigenvalue weighted by Gasteiger charge is 2.24. The summed E-state index contributed by atoms with van der Waals surface area (Å²) in [4.78, 5) is 25.6. The number of anilines is 2. The number of hydrogen-bond donors (Lipinski definition) is 2. The summed E-state index contributed by atoms with van der Waals surface area (Å²) in [6.07, 6.45) is 1.51. The van der Waals surface area contributed by atoms with Gasteiger partial charge in [-0.05, 0) is 19.2 Å². The Morgan fingerprint density at radius 3 is 2.63 bits per heavy atom. The fraction of sp³-hybridized carbons (Fsp3) is 0.360. The highest BCUT2D eigenvalue weighted by atomic mass is 32.2. The zero-order chi connectivity index (χ0) is 30.3. The lowest BCUT2D eigenvalue weighted by molar-refractivity contribution is 0.247. The number of sulfonamides is 1. The van der Waals surface area contributed by atoms with E-state index in [1.807, 2.05) is 0 Å². The van der Waals surface area contributed by atoms with Crippen LogP contribution in [0.3, 0.4) is 0 Å². The molecule has 5 aromatic rings. The number of benzene rings is 1. The second kappa shape index (κ2) is 11.5. The summed E-state index contributed by atoms with van der Waals surface area (Å²) in [5.41, 5.74) is 7.16. The number of fused-ring (bicyclic) bond motifs is 3. The molecule has 1 saturated heterocycles. The topological polar surface area (TPSA) is 166 Å². The monoisotopic (exact) mass is 635 g/mol. The number of nitrogens with one attached hydrogen (secondary N) is 1. The average Bonchev–Trinajstić information content (AvgIpc) is 3.73. The number of thiazole rings is 1. The molecule has 0 saturated carbocycles. The Bertz CT molecular complexity index is 1950. The molecule has 1 aliphatic heterocycles. The van der Waals surface area contributed by atoms with Gasteiger partial charge in [0.05, 0.1) is 17.7 Å². The van der Waals surface area contributed by atoms with Crippen LogP contribution in [0, 0.1) is 11.6 Å². The second-order valence-corrected chi connectivity index (χ2v) is 12.7. The first-order valence-corrected chi connectivity index (χ1v) is 15.7. The quantitative estimate of drug-likeness (QED) is 0.228. The lowest BCUT2D eigenvalue weighted by Gasteiger charge is -2.36. The van der Waals surface area contributed by atoms with Crippen molar-refractivity contribution in [3.8, 4) is 17.3 Å². The van der Waals surface area contributed by atoms with Gasteiger partial charge in [0, 0.05) is 51.4 Å². The summed E-state index contributed by atoms with van der Waals surface area (Å²) < 4.78 is 68.5. The molecule has 14 nitrogen and oxygen atoms in total. The van der Waals surface area contributed by atoms with Gasteiger partial charge in [-0.1, -0.05) is 11.3 Å². The summed E-state index contributed by atoms with van der Waals surface area (Å²) in [7, 11) is -2.26. The summed E-state index contributed by atoms with van der Waals surface area (Å²) >= 11 is 1.01. The van der Waals surface area contributed by atoms with Gasteiger partial charge in [0.15, 0.2) is 28.6 Å². The molecular weight excluding hydrogens is 608 g/mol. The number of hydrogen-bond acceptors (Lipinski definition) is 12. The third-order valence-electron chi connectivity index (χ3n) is 7.13. The molecule has 0 spiro atoms. The van der Waals surface area contributed by atoms with Crippen molar-refractivity contribution in [2.24, 2.45) is 0 Å². The van der Waals surface area contributed by atoms with Gasteiger partial charge in [-0.3, -0.25) is 14.3 Å². The number of rotatable bonds is 10. The molecule has 0 atom stereocenters. The minimum Gasteiger partial charge on any atom is -0.489 e. The van der Waals surface area contributed by atoms with Gasteiger partial charge in [-0.25, -0.2) is 26.9 Å². The summed E-state index contributed by atoms with van der Waals surface area (Å²) in [6.45, 7) is 2.58. The molecule has 5 heterocycles. The molecule has 0 unspecified atom stereocenters. The van der Waals surface area contributed by atoms with Gasteiger partial charge < -0.3 is 19.8 Å². The molecule has 0 aliphatic carbocycles. The van der Waals surface area contributed by atoms with E-state index >= 15 is 0 Å². The number of furan rings is 1. The van der Waals surface area contributed by atoms with Crippen LogP contribution in [-0.4, -0.2) is 89.6 Å². The summed E-state index contributed by atoms with van der Waals surface area (Å²) in [5.74, 6) is -1.36. The molecular formula is C25H27F2N9O5S2. The van der Waals surface area contributed by atoms with Crippen molar-refractivity contribution >= 4 is 49.0 Å². The molecule has 1 aromatic carbocycles. The molecule has 3 N–H and O–H groups in total. The van der Waals surface area contributed by atoms with Crippen molar-refractivity contribution in [1.82, 2.24) is 33.8 Å². The number of piperazine rings is 1. The molecule has 228 valence electrons. The minimum absolute atomic E-state index is 0.0845. The largest absolute Gasteiger partial charge is 0.489 e. The van der Waals surface area contributed by atoms with Crippen molar-refractivity contribution in [3.63, 3.8) is 0 Å². The first-order chi connectivity index (χ1) is 20.6. The van der Waals surface area contributed by atoms with E-state index in [1.165, 1.54) is 23.9 Å². The van der Waals surface area contributed by atoms with Crippen LogP contribution >= 0.6 is 11.3 Å². The van der Waals surface area contributed by atoms with Gasteiger partial charge in [-0.2, -0.15) is 9.50 Å². The van der Waals surface area contributed by atoms with Crippen LogP contribution in [0.4, 0.5) is 20.4 Å². The number of nitrogens with two attached hydrogens (primary N) is 1. The van der Waals surface area contributed by atoms with Gasteiger partial charge >= 0.3 is 4.87 Å². The lowest BCUT2D eigenvalue weighted by Crippen LogP contribution is -2.47. The van der Waals surface area contributed by atoms with E-state index in [1.54, 1.807) is 21.6 Å². The zero-order valence-electron chi connectivity index (χ0n) is 22.9. The molecule has 1 fully saturated rings. The van der Waals surface area contributed by atoms with E-state index in [0.29, 0.717) is 66.8 Å². The molecule has 0 radical (unpaired) electrons. The van der Waals surface area contributed by atoms with Crippen molar-refractivity contribution in [3.05, 3.63) is 51.8 Å². The Balaban J connectivity index is 1.12. The smallest absolute Gasteiger partial charge is 0.309 e. The summed E-state index contributed by atoms with van der Waals surface area (Å²) in [6, 6.07) is 5.43. The Labute approximate surface area is 247 Å². The van der Waals surface area contributed by atoms with Gasteiger partial charge in [0.1, 0.15) is 17.1 Å². The number of nitrogens with zero attached hydrogens (tertiary/aromatic N) is 7. The van der Waals surface area contributed by atoms with E-state index in [-0.39, 0.29) is 34.6 Å². The normalized spacial score (nSPS) is 14.7. The number of ether oxygens (including phenoxy) is 1. The second-order valence-electron chi connectivity index (χ2n) is 9.72. The van der Waals surface area contributed by atoms with E-state index in [0.717, 1.165) is 17.4 Å². The van der Waals surface area contributed by atoms with Crippen molar-refractivity contribution in [2.45, 2.75) is 6.54 Å². The van der Waals surface area contributed by atoms with E-state index in [2.05, 4.69) is 24.7 Å². The third kappa shape index (κ3) is 5.77. The van der Waals surface area contributed by atoms with Gasteiger partial charge in [0.2, 0.25) is 21.8 Å². The predicted octanol–water partition coefficient (Wildman–Crippen LogP) is 1.37. The summed E-state index contributed by atoms with van der Waals surface area (Å²) in [5, 5.41) is 4.36. The van der Waals surface area contributed by atoms with Crippen molar-refractivity contribution in [2.75, 3.05) is 62.8 Å². The van der Waals surface area contributed by atoms with Crippen LogP contribution < -0.4 is 25.0 Å². The SMILES string of the molecule is CNS(=O)(=O)CCOc1cc(N2CCN(CCn3c(=O)sc4c3nc(N)n3nc(-c5ccco5)nc43)CC2)c(F)cc1F. The van der Waals surface area contributed by atoms with Crippen LogP contribution in [0.15, 0.2) is 39.7 Å². The van der Waals surface area contributed by atoms with E-state index in [4.69, 9.17) is 14.9 Å². The maximum absolute atomic E-state index is 14.7. The van der Waals surface area contributed by atoms with Gasteiger partial charge in [0.25, 0.3) is 0 Å². The van der Waals surface area contributed by atoms with Gasteiger partial charge in [-0.15, -0.1) is 5.10 Å². The highest BCUT2D eigenvalue weighted by Crippen LogP contribution is 2.29. The number of halogens is 2. The predicted molar refractivity (Wildman–Crippen MR) is 156 cm³/mol. The van der Waals surface area contributed by atoms with Crippen LogP contribution in [0.1, 0.15) is 0 Å². The molecule has 0 amide bonds. The molecule has 4 aromatic heterocycles. The first kappa shape index (κ1) is 29.0. The Hall–Kier alpha value is -4.13. The van der Waals surface area contributed by atoms with Crippen LogP contribution in [0.25, 0.3) is 27.6 Å². The first-order valence-electron chi connectivity index (χ1n) is 13.2. The minimum atomic E-state index is -3.53. The lowest BCUT2D eigenvalue weighted by atomic mass is 10.2. The van der Waals surface area contributed by atoms with E-state index in [9.17, 15) is 22.0 Å². The van der Waals surface area contributed by atoms with Crippen molar-refractivity contribution in [1.29, 1.82) is 0 Å². The number of aromatic nitrogens is 5. The molecule has 43 heavy (non-hydrogen) atoms. The molecule has 1 aliphatic rings. The maximum atomic E-state index is 14.7. The third-order valence-corrected chi connectivity index (χ3v) is 9.42. The standard InChI is InChI=1S/C25H27F2N9O5S2/c1-29-43(38,39)12-11-41-19-14-17(15(26)13-16(19)27)34-7-4-33(5-8-34)6-9-35-22-20(42-25(35)37)23-30-21(18-3-2-10-40-18)32-36(23)24(28)31-22/h2-3,10,13-14,29H,4-9,11-12H2,1H3,(H2,28,31). The molecule has 0 bridgehead atoms. The Kier molecular flexibility index (Phi) is 7.75. The number of nitrogen functional groups attached to an aromatic ring is 1. The van der Waals surface area contributed by atoms with Crippen LogP contribution in [0.2, 0.25) is 0 Å². The maximum Gasteiger partial charge on any atom is 0.309 e. The van der Waals surface area contributed by atoms with Crippen LogP contribution in [0.5, 0.6) is 5.75 Å². The van der Waals surface area contributed by atoms with Crippen molar-refractivity contribution < 1.29 is 26.4 Å². The van der Waals surface area contributed by atoms with Crippen LogP contribution in [-0.2, 0) is 16.6 Å². The fourth-order valence-corrected chi connectivity index (χ4v) is 6.26. The van der Waals surface area contributed by atoms with E-state index < -0.39 is 21.7 Å². The average molecular weight is 636 g/mol. The Morgan fingerprint density at radius 1 is 1.12 bits per heavy atom.